The fourth-order valence-corrected chi connectivity index (χ4v) is 6.29. The molecule has 2 amide bonds. The van der Waals surface area contributed by atoms with Crippen LogP contribution < -0.4 is 20.1 Å². The Morgan fingerprint density at radius 3 is 2.38 bits per heavy atom. The van der Waals surface area contributed by atoms with Crippen molar-refractivity contribution in [2.24, 2.45) is 17.8 Å². The van der Waals surface area contributed by atoms with Gasteiger partial charge in [-0.25, -0.2) is 9.78 Å². The molecule has 0 spiro atoms. The van der Waals surface area contributed by atoms with Crippen LogP contribution in [0.3, 0.4) is 0 Å². The highest BCUT2D eigenvalue weighted by atomic mass is 35.5. The van der Waals surface area contributed by atoms with E-state index in [1.807, 2.05) is 59.8 Å². The lowest BCUT2D eigenvalue weighted by molar-refractivity contribution is -0.132. The van der Waals surface area contributed by atoms with E-state index in [4.69, 9.17) is 15.2 Å². The maximum Gasteiger partial charge on any atom is 0.260 e. The zero-order valence-corrected chi connectivity index (χ0v) is 32.7. The normalized spacial score (nSPS) is 12.5. The Morgan fingerprint density at radius 2 is 1.71 bits per heavy atom. The number of aliphatic imine (C=N–C) groups is 1. The van der Waals surface area contributed by atoms with Crippen LogP contribution in [0, 0.1) is 6.92 Å². The number of carbonyl (C=O) groups is 2. The van der Waals surface area contributed by atoms with E-state index in [9.17, 15) is 14.4 Å². The largest absolute Gasteiger partial charge is 0.494 e. The molecule has 5 rings (SSSR count). The van der Waals surface area contributed by atoms with Crippen molar-refractivity contribution in [2.45, 2.75) is 39.2 Å². The minimum Gasteiger partial charge on any atom is -0.494 e. The van der Waals surface area contributed by atoms with Crippen molar-refractivity contribution in [1.29, 1.82) is 0 Å². The third-order valence-corrected chi connectivity index (χ3v) is 9.11. The second kappa shape index (κ2) is 20.2. The number of hydrogen-bond acceptors (Lipinski definition) is 9. The van der Waals surface area contributed by atoms with Gasteiger partial charge in [0.05, 0.1) is 42.5 Å². The fraction of sp³-hybridized carbons (Fsp3) is 0.405. The minimum atomic E-state index is -0.404. The second-order valence-corrected chi connectivity index (χ2v) is 12.4. The lowest BCUT2D eigenvalue weighted by Gasteiger charge is -2.32. The van der Waals surface area contributed by atoms with E-state index >= 15 is 0 Å². The highest BCUT2D eigenvalue weighted by Crippen LogP contribution is 2.44. The zero-order chi connectivity index (χ0) is 35.1. The SMILES string of the molecule is COc1c(-c2cccc3nc(CN)n(C)c23)ccc(C(=O)N(C)c2ccc(C)cc2OCCCCCC(=O)N2CCN(C)CC2)c1N=C=O.Cl.Cl.Cl. The summed E-state index contributed by atoms with van der Waals surface area (Å²) in [5, 5.41) is 0. The number of likely N-dealkylation sites (N-methyl/N-ethyl adjacent to an activating group) is 1. The first-order chi connectivity index (χ1) is 23.7. The Labute approximate surface area is 323 Å². The number of hydrogen-bond donors (Lipinski definition) is 1. The molecule has 52 heavy (non-hydrogen) atoms. The summed E-state index contributed by atoms with van der Waals surface area (Å²) in [6.45, 7) is 6.08. The number of benzene rings is 3. The topological polar surface area (TPSA) is 136 Å². The highest BCUT2D eigenvalue weighted by molar-refractivity contribution is 6.11. The molecule has 1 fully saturated rings. The smallest absolute Gasteiger partial charge is 0.260 e. The number of carbonyl (C=O) groups excluding carboxylic acids is 3. The summed E-state index contributed by atoms with van der Waals surface area (Å²) in [4.78, 5) is 52.6. The van der Waals surface area contributed by atoms with E-state index in [-0.39, 0.29) is 66.7 Å². The molecular formula is C37H48Cl3N7O5. The second-order valence-electron chi connectivity index (χ2n) is 12.4. The van der Waals surface area contributed by atoms with Gasteiger partial charge in [-0.3, -0.25) is 9.59 Å². The first-order valence-corrected chi connectivity index (χ1v) is 16.6. The van der Waals surface area contributed by atoms with E-state index in [0.717, 1.165) is 67.6 Å². The third kappa shape index (κ3) is 9.63. The van der Waals surface area contributed by atoms with Gasteiger partial charge in [-0.15, -0.1) is 37.2 Å². The lowest BCUT2D eigenvalue weighted by Crippen LogP contribution is -2.47. The van der Waals surface area contributed by atoms with Crippen molar-refractivity contribution in [3.05, 3.63) is 65.5 Å². The van der Waals surface area contributed by atoms with Gasteiger partial charge in [0, 0.05) is 57.8 Å². The molecule has 4 aromatic rings. The zero-order valence-electron chi connectivity index (χ0n) is 30.2. The first-order valence-electron chi connectivity index (χ1n) is 16.6. The third-order valence-electron chi connectivity index (χ3n) is 9.11. The first kappa shape index (κ1) is 44.0. The number of ether oxygens (including phenoxy) is 2. The number of amides is 2. The van der Waals surface area contributed by atoms with E-state index in [1.165, 1.54) is 12.0 Å². The van der Waals surface area contributed by atoms with Crippen LogP contribution in [-0.2, 0) is 23.2 Å². The van der Waals surface area contributed by atoms with Crippen LogP contribution in [0.25, 0.3) is 22.2 Å². The van der Waals surface area contributed by atoms with Crippen molar-refractivity contribution in [2.75, 3.05) is 58.9 Å². The summed E-state index contributed by atoms with van der Waals surface area (Å²) < 4.78 is 13.9. The van der Waals surface area contributed by atoms with Crippen LogP contribution in [0.15, 0.2) is 53.5 Å². The molecule has 0 bridgehead atoms. The van der Waals surface area contributed by atoms with Gasteiger partial charge in [-0.2, -0.15) is 4.99 Å². The van der Waals surface area contributed by atoms with E-state index in [2.05, 4.69) is 21.9 Å². The van der Waals surface area contributed by atoms with E-state index < -0.39 is 5.91 Å². The number of isocyanates is 1. The molecule has 1 saturated heterocycles. The number of rotatable bonds is 13. The van der Waals surface area contributed by atoms with E-state index in [0.29, 0.717) is 35.9 Å². The predicted molar refractivity (Wildman–Crippen MR) is 212 cm³/mol. The standard InChI is InChI=1S/C37H45N7O5.3ClH/c1-25-13-16-30(31(22-25)49-21-8-6-7-12-33(46)44-19-17-41(2)18-20-44)42(3)37(47)28-15-14-27(36(48-5)34(28)39-24-45)26-10-9-11-29-35(26)43(4)32(23-38)40-29;;;/h9-11,13-16,22H,6-8,12,17-21,23,38H2,1-5H3;3*1H. The molecule has 1 aliphatic heterocycles. The van der Waals surface area contributed by atoms with Crippen LogP contribution in [0.1, 0.15) is 47.4 Å². The average molecular weight is 777 g/mol. The number of methoxy groups -OCH3 is 1. The lowest BCUT2D eigenvalue weighted by atomic mass is 9.98. The molecule has 2 heterocycles. The summed E-state index contributed by atoms with van der Waals surface area (Å²) in [5.74, 6) is 1.35. The summed E-state index contributed by atoms with van der Waals surface area (Å²) in [6, 6.07) is 14.8. The Kier molecular flexibility index (Phi) is 17.1. The molecule has 12 nitrogen and oxygen atoms in total. The Bertz CT molecular complexity index is 1890. The maximum absolute atomic E-state index is 14.1. The van der Waals surface area contributed by atoms with Crippen LogP contribution in [0.4, 0.5) is 11.4 Å². The van der Waals surface area contributed by atoms with Gasteiger partial charge in [0.1, 0.15) is 17.3 Å². The van der Waals surface area contributed by atoms with Crippen molar-refractivity contribution in [3.8, 4) is 22.6 Å². The number of halogens is 3. The van der Waals surface area contributed by atoms with Crippen molar-refractivity contribution >= 4 is 77.5 Å². The maximum atomic E-state index is 14.1. The number of anilines is 1. The monoisotopic (exact) mass is 775 g/mol. The number of nitrogens with zero attached hydrogens (tertiary/aromatic N) is 6. The molecule has 0 saturated carbocycles. The van der Waals surface area contributed by atoms with Crippen LogP contribution in [0.5, 0.6) is 11.5 Å². The Hall–Kier alpha value is -4.16. The van der Waals surface area contributed by atoms with Gasteiger partial charge in [0.15, 0.2) is 5.75 Å². The molecule has 0 radical (unpaired) electrons. The number of fused-ring (bicyclic) bond motifs is 1. The molecule has 1 aromatic heterocycles. The van der Waals surface area contributed by atoms with Gasteiger partial charge < -0.3 is 34.5 Å². The van der Waals surface area contributed by atoms with Gasteiger partial charge in [-0.1, -0.05) is 18.2 Å². The molecule has 0 atom stereocenters. The van der Waals surface area contributed by atoms with Gasteiger partial charge in [-0.05, 0) is 69.1 Å². The molecule has 282 valence electrons. The fourth-order valence-electron chi connectivity index (χ4n) is 6.29. The highest BCUT2D eigenvalue weighted by Gasteiger charge is 2.26. The summed E-state index contributed by atoms with van der Waals surface area (Å²) >= 11 is 0. The van der Waals surface area contributed by atoms with Gasteiger partial charge >= 0.3 is 0 Å². The van der Waals surface area contributed by atoms with Crippen LogP contribution >= 0.6 is 37.2 Å². The quantitative estimate of drug-likeness (QED) is 0.0959. The molecular weight excluding hydrogens is 729 g/mol. The number of aryl methyl sites for hydroxylation is 2. The predicted octanol–water partition coefficient (Wildman–Crippen LogP) is 6.24. The number of nitrogens with two attached hydrogens (primary N) is 1. The molecule has 0 unspecified atom stereocenters. The van der Waals surface area contributed by atoms with Crippen LogP contribution in [0.2, 0.25) is 0 Å². The Morgan fingerprint density at radius 1 is 0.981 bits per heavy atom. The number of unbranched alkanes of at least 4 members (excludes halogenated alkanes) is 2. The number of aromatic nitrogens is 2. The number of imidazole rings is 1. The molecule has 15 heteroatoms. The summed E-state index contributed by atoms with van der Waals surface area (Å²) in [5.41, 5.74) is 10.7. The number of para-hydroxylation sites is 1. The van der Waals surface area contributed by atoms with Gasteiger partial charge in [0.2, 0.25) is 12.0 Å². The average Bonchev–Trinajstić information content (AvgIpc) is 3.44. The molecule has 2 N–H and O–H groups in total. The molecule has 3 aromatic carbocycles. The van der Waals surface area contributed by atoms with Crippen molar-refractivity contribution in [1.82, 2.24) is 19.4 Å². The van der Waals surface area contributed by atoms with Crippen molar-refractivity contribution in [3.63, 3.8) is 0 Å². The molecule has 0 aliphatic carbocycles. The summed E-state index contributed by atoms with van der Waals surface area (Å²) in [6.07, 6.45) is 4.57. The Balaban J connectivity index is 0.00000312. The van der Waals surface area contributed by atoms with Gasteiger partial charge in [0.25, 0.3) is 5.91 Å². The minimum absolute atomic E-state index is 0. The summed E-state index contributed by atoms with van der Waals surface area (Å²) in [7, 11) is 7.10. The van der Waals surface area contributed by atoms with Crippen molar-refractivity contribution < 1.29 is 23.9 Å². The molecule has 1 aliphatic rings. The van der Waals surface area contributed by atoms with E-state index in [1.54, 1.807) is 25.3 Å². The number of piperazine rings is 1. The van der Waals surface area contributed by atoms with Crippen LogP contribution in [-0.4, -0.2) is 91.2 Å².